The lowest BCUT2D eigenvalue weighted by Gasteiger charge is -2.16. The molecule has 176 valence electrons. The molecule has 1 aliphatic carbocycles. The van der Waals surface area contributed by atoms with Crippen LogP contribution >= 0.6 is 11.3 Å². The third kappa shape index (κ3) is 4.65. The van der Waals surface area contributed by atoms with Crippen molar-refractivity contribution in [2.45, 2.75) is 32.1 Å². The van der Waals surface area contributed by atoms with Gasteiger partial charge < -0.3 is 19.5 Å². The third-order valence-electron chi connectivity index (χ3n) is 5.29. The molecule has 34 heavy (non-hydrogen) atoms. The largest absolute Gasteiger partial charge is 0.496 e. The molecule has 8 nitrogen and oxygen atoms in total. The molecule has 1 aliphatic rings. The molecule has 0 bridgehead atoms. The zero-order chi connectivity index (χ0) is 23.7. The average Bonchev–Trinajstić information content (AvgIpc) is 3.30. The van der Waals surface area contributed by atoms with Crippen LogP contribution in [0.2, 0.25) is 0 Å². The summed E-state index contributed by atoms with van der Waals surface area (Å²) in [4.78, 5) is 22.2. The van der Waals surface area contributed by atoms with E-state index in [0.29, 0.717) is 29.3 Å². The molecular formula is C23H20F2N4O4S. The first-order chi connectivity index (χ1) is 16.5. The average molecular weight is 487 g/mol. The number of amides is 1. The molecule has 0 atom stereocenters. The van der Waals surface area contributed by atoms with E-state index >= 15 is 0 Å². The minimum atomic E-state index is -3.10. The van der Waals surface area contributed by atoms with Crippen molar-refractivity contribution >= 4 is 22.9 Å². The van der Waals surface area contributed by atoms with Crippen LogP contribution in [0.5, 0.6) is 17.2 Å². The summed E-state index contributed by atoms with van der Waals surface area (Å²) in [6.45, 7) is -2.71. The molecule has 0 unspecified atom stereocenters. The number of rotatable bonds is 9. The lowest BCUT2D eigenvalue weighted by molar-refractivity contribution is -0.0502. The number of nitrogens with zero attached hydrogens (tertiary/aromatic N) is 3. The van der Waals surface area contributed by atoms with Crippen molar-refractivity contribution in [3.05, 3.63) is 58.8 Å². The van der Waals surface area contributed by atoms with E-state index in [1.807, 2.05) is 0 Å². The lowest BCUT2D eigenvalue weighted by atomic mass is 10.1. The highest BCUT2D eigenvalue weighted by molar-refractivity contribution is 7.09. The number of hydrogen-bond donors (Lipinski definition) is 1. The number of thiazole rings is 1. The first-order valence-electron chi connectivity index (χ1n) is 10.5. The Morgan fingerprint density at radius 1 is 1.26 bits per heavy atom. The number of carbonyl (C=O) groups is 1. The van der Waals surface area contributed by atoms with E-state index in [0.717, 1.165) is 17.7 Å². The predicted octanol–water partition coefficient (Wildman–Crippen LogP) is 4.54. The van der Waals surface area contributed by atoms with E-state index in [1.165, 1.54) is 24.5 Å². The number of methoxy groups -OCH3 is 1. The van der Waals surface area contributed by atoms with E-state index in [2.05, 4.69) is 15.3 Å². The fourth-order valence-corrected chi connectivity index (χ4v) is 4.04. The van der Waals surface area contributed by atoms with E-state index in [4.69, 9.17) is 14.2 Å². The zero-order valence-corrected chi connectivity index (χ0v) is 18.9. The van der Waals surface area contributed by atoms with Gasteiger partial charge in [-0.05, 0) is 31.0 Å². The summed E-state index contributed by atoms with van der Waals surface area (Å²) >= 11 is 1.50. The van der Waals surface area contributed by atoms with Gasteiger partial charge in [0.05, 0.1) is 29.4 Å². The van der Waals surface area contributed by atoms with Crippen LogP contribution in [0.25, 0.3) is 16.9 Å². The highest BCUT2D eigenvalue weighted by atomic mass is 32.1. The van der Waals surface area contributed by atoms with Crippen LogP contribution in [0.4, 0.5) is 8.78 Å². The summed E-state index contributed by atoms with van der Waals surface area (Å²) in [5.41, 5.74) is 3.38. The van der Waals surface area contributed by atoms with Crippen molar-refractivity contribution < 1.29 is 27.8 Å². The second-order valence-electron chi connectivity index (χ2n) is 7.67. The number of alkyl halides is 2. The van der Waals surface area contributed by atoms with Crippen LogP contribution in [0.1, 0.15) is 28.1 Å². The van der Waals surface area contributed by atoms with Gasteiger partial charge in [0.15, 0.2) is 0 Å². The van der Waals surface area contributed by atoms with Gasteiger partial charge in [-0.3, -0.25) is 14.2 Å². The summed E-state index contributed by atoms with van der Waals surface area (Å²) in [7, 11) is 1.38. The molecule has 0 aliphatic heterocycles. The van der Waals surface area contributed by atoms with E-state index in [1.54, 1.807) is 46.7 Å². The maximum atomic E-state index is 13.2. The maximum Gasteiger partial charge on any atom is 0.387 e. The Bertz CT molecular complexity index is 1320. The van der Waals surface area contributed by atoms with Crippen LogP contribution in [0, 0.1) is 0 Å². The van der Waals surface area contributed by atoms with Crippen LogP contribution < -0.4 is 19.5 Å². The minimum Gasteiger partial charge on any atom is -0.496 e. The van der Waals surface area contributed by atoms with E-state index in [-0.39, 0.29) is 23.1 Å². The Kier molecular flexibility index (Phi) is 6.01. The molecule has 1 amide bonds. The molecule has 1 fully saturated rings. The molecule has 0 spiro atoms. The minimum absolute atomic E-state index is 0.0440. The van der Waals surface area contributed by atoms with Crippen LogP contribution in [-0.4, -0.2) is 40.0 Å². The number of imidazole rings is 1. The van der Waals surface area contributed by atoms with Crippen molar-refractivity contribution in [2.75, 3.05) is 7.11 Å². The molecule has 3 aromatic heterocycles. The van der Waals surface area contributed by atoms with Gasteiger partial charge in [0.1, 0.15) is 35.1 Å². The summed E-state index contributed by atoms with van der Waals surface area (Å²) in [6, 6.07) is 6.61. The summed E-state index contributed by atoms with van der Waals surface area (Å²) in [5.74, 6) is -0.0143. The number of nitrogens with one attached hydrogen (secondary N) is 1. The molecular weight excluding hydrogens is 466 g/mol. The highest BCUT2D eigenvalue weighted by Gasteiger charge is 2.29. The Labute approximate surface area is 197 Å². The molecule has 3 heterocycles. The van der Waals surface area contributed by atoms with Gasteiger partial charge in [-0.25, -0.2) is 4.98 Å². The molecule has 1 aromatic carbocycles. The van der Waals surface area contributed by atoms with Crippen molar-refractivity contribution in [3.8, 4) is 28.5 Å². The molecule has 1 N–H and O–H groups in total. The molecule has 4 aromatic rings. The van der Waals surface area contributed by atoms with Crippen molar-refractivity contribution in [2.24, 2.45) is 0 Å². The topological polar surface area (TPSA) is 87.0 Å². The van der Waals surface area contributed by atoms with Crippen molar-refractivity contribution in [1.29, 1.82) is 0 Å². The fraction of sp³-hybridized carbons (Fsp3) is 0.261. The normalized spacial score (nSPS) is 13.3. The van der Waals surface area contributed by atoms with E-state index < -0.39 is 12.5 Å². The third-order valence-corrected chi connectivity index (χ3v) is 6.04. The second kappa shape index (κ2) is 9.26. The SMILES string of the molecule is COc1cc(-c2cnc3cc(OCc4cncs4)ccn23)cc(OC(F)F)c1C(=O)NC1CC1. The van der Waals surface area contributed by atoms with Gasteiger partial charge in [0, 0.05) is 30.1 Å². The summed E-state index contributed by atoms with van der Waals surface area (Å²) in [5, 5.41) is 2.79. The first-order valence-corrected chi connectivity index (χ1v) is 11.3. The van der Waals surface area contributed by atoms with Crippen LogP contribution in [-0.2, 0) is 6.61 Å². The number of pyridine rings is 1. The highest BCUT2D eigenvalue weighted by Crippen LogP contribution is 2.37. The number of fused-ring (bicyclic) bond motifs is 1. The van der Waals surface area contributed by atoms with Gasteiger partial charge in [-0.1, -0.05) is 0 Å². The van der Waals surface area contributed by atoms with Gasteiger partial charge in [0.25, 0.3) is 5.91 Å². The standard InChI is InChI=1S/C23H20F2N4O4S/c1-31-18-6-13(7-19(33-23(24)25)21(18)22(30)28-14-2-3-14)17-10-27-20-8-15(4-5-29(17)20)32-11-16-9-26-12-34-16/h4-10,12,14,23H,2-3,11H2,1H3,(H,28,30). The molecule has 0 radical (unpaired) electrons. The number of halogens is 2. The Hall–Kier alpha value is -3.73. The number of hydrogen-bond acceptors (Lipinski definition) is 7. The van der Waals surface area contributed by atoms with Crippen molar-refractivity contribution in [3.63, 3.8) is 0 Å². The summed E-state index contributed by atoms with van der Waals surface area (Å²) < 4.78 is 44.1. The molecule has 11 heteroatoms. The Balaban J connectivity index is 1.49. The zero-order valence-electron chi connectivity index (χ0n) is 18.0. The molecule has 0 saturated heterocycles. The van der Waals surface area contributed by atoms with E-state index in [9.17, 15) is 13.6 Å². The number of ether oxygens (including phenoxy) is 3. The quantitative estimate of drug-likeness (QED) is 0.374. The van der Waals surface area contributed by atoms with Crippen LogP contribution in [0.3, 0.4) is 0 Å². The number of carbonyl (C=O) groups excluding carboxylic acids is 1. The van der Waals surface area contributed by atoms with Crippen LogP contribution in [0.15, 0.2) is 48.4 Å². The maximum absolute atomic E-state index is 13.2. The van der Waals surface area contributed by atoms with Gasteiger partial charge in [-0.15, -0.1) is 11.3 Å². The number of benzene rings is 1. The van der Waals surface area contributed by atoms with Gasteiger partial charge in [0.2, 0.25) is 0 Å². The fourth-order valence-electron chi connectivity index (χ4n) is 3.53. The molecule has 1 saturated carbocycles. The Morgan fingerprint density at radius 2 is 2.09 bits per heavy atom. The lowest BCUT2D eigenvalue weighted by Crippen LogP contribution is -2.26. The smallest absolute Gasteiger partial charge is 0.387 e. The second-order valence-corrected chi connectivity index (χ2v) is 8.64. The molecule has 5 rings (SSSR count). The predicted molar refractivity (Wildman–Crippen MR) is 121 cm³/mol. The Morgan fingerprint density at radius 3 is 2.79 bits per heavy atom. The van der Waals surface area contributed by atoms with Gasteiger partial charge >= 0.3 is 6.61 Å². The first kappa shape index (κ1) is 22.1. The monoisotopic (exact) mass is 486 g/mol. The van der Waals surface area contributed by atoms with Crippen molar-refractivity contribution in [1.82, 2.24) is 19.7 Å². The van der Waals surface area contributed by atoms with Gasteiger partial charge in [-0.2, -0.15) is 8.78 Å². The number of aromatic nitrogens is 3. The summed E-state index contributed by atoms with van der Waals surface area (Å²) in [6.07, 6.45) is 6.84.